The van der Waals surface area contributed by atoms with Gasteiger partial charge in [-0.1, -0.05) is 35.9 Å². The van der Waals surface area contributed by atoms with E-state index in [9.17, 15) is 14.0 Å². The molecule has 2 aromatic carbocycles. The number of rotatable bonds is 5. The Bertz CT molecular complexity index is 1040. The molecule has 0 aliphatic heterocycles. The van der Waals surface area contributed by atoms with Crippen LogP contribution in [0, 0.1) is 12.7 Å². The van der Waals surface area contributed by atoms with Crippen LogP contribution in [0.1, 0.15) is 31.8 Å². The van der Waals surface area contributed by atoms with Gasteiger partial charge in [0.25, 0.3) is 11.8 Å². The minimum atomic E-state index is -0.454. The topological polar surface area (TPSA) is 71.1 Å². The van der Waals surface area contributed by atoms with Crippen LogP contribution in [0.3, 0.4) is 0 Å². The Morgan fingerprint density at radius 3 is 2.50 bits per heavy atom. The Hall–Kier alpha value is -3.25. The van der Waals surface area contributed by atoms with E-state index < -0.39 is 17.6 Å². The van der Waals surface area contributed by atoms with Crippen LogP contribution in [0.25, 0.3) is 0 Å². The number of anilines is 1. The molecule has 2 amide bonds. The third-order valence-electron chi connectivity index (χ3n) is 4.18. The summed E-state index contributed by atoms with van der Waals surface area (Å²) >= 11 is 6.06. The molecule has 3 rings (SSSR count). The van der Waals surface area contributed by atoms with Gasteiger partial charge in [-0.2, -0.15) is 0 Å². The van der Waals surface area contributed by atoms with Gasteiger partial charge in [0.2, 0.25) is 0 Å². The molecule has 0 radical (unpaired) electrons. The fourth-order valence-electron chi connectivity index (χ4n) is 2.54. The first-order valence-electron chi connectivity index (χ1n) is 8.49. The summed E-state index contributed by atoms with van der Waals surface area (Å²) in [5.74, 6) is -1.27. The maximum Gasteiger partial charge on any atom is 0.257 e. The van der Waals surface area contributed by atoms with Gasteiger partial charge in [-0.3, -0.25) is 14.6 Å². The minimum absolute atomic E-state index is 0.0314. The number of aromatic nitrogens is 1. The highest BCUT2D eigenvalue weighted by molar-refractivity contribution is 6.31. The van der Waals surface area contributed by atoms with Crippen molar-refractivity contribution in [3.05, 3.63) is 94.0 Å². The number of carbonyl (C=O) groups excluding carboxylic acids is 2. The number of nitrogens with zero attached hydrogens (tertiary/aromatic N) is 1. The molecule has 0 unspecified atom stereocenters. The molecule has 7 heteroatoms. The van der Waals surface area contributed by atoms with E-state index in [1.807, 2.05) is 0 Å². The van der Waals surface area contributed by atoms with Crippen LogP contribution < -0.4 is 10.6 Å². The number of amides is 2. The van der Waals surface area contributed by atoms with Gasteiger partial charge in [0, 0.05) is 35.2 Å². The molecular weight excluding hydrogens is 381 g/mol. The molecule has 0 saturated carbocycles. The van der Waals surface area contributed by atoms with Crippen molar-refractivity contribution in [3.63, 3.8) is 0 Å². The maximum absolute atomic E-state index is 13.7. The third kappa shape index (κ3) is 4.53. The van der Waals surface area contributed by atoms with E-state index in [4.69, 9.17) is 11.6 Å². The van der Waals surface area contributed by atoms with Gasteiger partial charge in [0.1, 0.15) is 5.82 Å². The molecule has 28 heavy (non-hydrogen) atoms. The Labute approximate surface area is 166 Å². The molecule has 0 aliphatic rings. The van der Waals surface area contributed by atoms with Crippen molar-refractivity contribution >= 4 is 29.1 Å². The van der Waals surface area contributed by atoms with Crippen molar-refractivity contribution in [3.8, 4) is 0 Å². The van der Waals surface area contributed by atoms with Crippen molar-refractivity contribution in [1.82, 2.24) is 10.3 Å². The Kier molecular flexibility index (Phi) is 6.01. The van der Waals surface area contributed by atoms with Gasteiger partial charge in [-0.15, -0.1) is 0 Å². The molecule has 1 aromatic heterocycles. The average molecular weight is 398 g/mol. The van der Waals surface area contributed by atoms with E-state index >= 15 is 0 Å². The summed E-state index contributed by atoms with van der Waals surface area (Å²) in [7, 11) is 0. The number of hydrogen-bond donors (Lipinski definition) is 2. The van der Waals surface area contributed by atoms with E-state index in [-0.39, 0.29) is 17.7 Å². The summed E-state index contributed by atoms with van der Waals surface area (Å²) in [5.41, 5.74) is 2.11. The van der Waals surface area contributed by atoms with E-state index in [2.05, 4.69) is 15.6 Å². The summed E-state index contributed by atoms with van der Waals surface area (Å²) in [6.45, 7) is 1.83. The molecular formula is C21H17ClFN3O2. The summed E-state index contributed by atoms with van der Waals surface area (Å²) in [4.78, 5) is 28.8. The van der Waals surface area contributed by atoms with Crippen molar-refractivity contribution in [1.29, 1.82) is 0 Å². The zero-order valence-electron chi connectivity index (χ0n) is 15.0. The number of halogens is 2. The Balaban J connectivity index is 1.70. The molecule has 5 nitrogen and oxygen atoms in total. The van der Waals surface area contributed by atoms with Gasteiger partial charge in [0.05, 0.1) is 11.1 Å². The molecule has 0 saturated heterocycles. The van der Waals surface area contributed by atoms with Crippen LogP contribution in [0.15, 0.2) is 60.9 Å². The highest BCUT2D eigenvalue weighted by Gasteiger charge is 2.13. The summed E-state index contributed by atoms with van der Waals surface area (Å²) in [6.07, 6.45) is 2.71. The van der Waals surface area contributed by atoms with E-state index in [0.717, 1.165) is 5.56 Å². The number of nitrogens with one attached hydrogen (secondary N) is 2. The Morgan fingerprint density at radius 2 is 1.75 bits per heavy atom. The predicted octanol–water partition coefficient (Wildman–Crippen LogP) is 4.36. The standard InChI is InChI=1S/C21H17ClFN3O2/c1-13-17(22)6-4-8-19(13)26-21(28)16-9-15(10-24-11-16)20(27)25-12-14-5-2-3-7-18(14)23/h2-11H,12H2,1H3,(H,25,27)(H,26,28). The van der Waals surface area contributed by atoms with Crippen LogP contribution in [0.2, 0.25) is 5.02 Å². The lowest BCUT2D eigenvalue weighted by Gasteiger charge is -2.10. The van der Waals surface area contributed by atoms with Gasteiger partial charge in [-0.25, -0.2) is 4.39 Å². The fourth-order valence-corrected chi connectivity index (χ4v) is 2.72. The highest BCUT2D eigenvalue weighted by Crippen LogP contribution is 2.23. The SMILES string of the molecule is Cc1c(Cl)cccc1NC(=O)c1cncc(C(=O)NCc2ccccc2F)c1. The smallest absolute Gasteiger partial charge is 0.257 e. The monoisotopic (exact) mass is 397 g/mol. The average Bonchev–Trinajstić information content (AvgIpc) is 2.70. The van der Waals surface area contributed by atoms with Gasteiger partial charge in [-0.05, 0) is 36.8 Å². The second-order valence-corrected chi connectivity index (χ2v) is 6.51. The first kappa shape index (κ1) is 19.5. The van der Waals surface area contributed by atoms with Crippen LogP contribution in [-0.4, -0.2) is 16.8 Å². The molecule has 142 valence electrons. The number of carbonyl (C=O) groups is 2. The first-order chi connectivity index (χ1) is 13.5. The van der Waals surface area contributed by atoms with Crippen LogP contribution in [0.4, 0.5) is 10.1 Å². The molecule has 0 aliphatic carbocycles. The first-order valence-corrected chi connectivity index (χ1v) is 8.86. The van der Waals surface area contributed by atoms with E-state index in [1.54, 1.807) is 43.3 Å². The number of pyridine rings is 1. The third-order valence-corrected chi connectivity index (χ3v) is 4.59. The Morgan fingerprint density at radius 1 is 1.04 bits per heavy atom. The van der Waals surface area contributed by atoms with Gasteiger partial charge >= 0.3 is 0 Å². The summed E-state index contributed by atoms with van der Waals surface area (Å²) < 4.78 is 13.7. The summed E-state index contributed by atoms with van der Waals surface area (Å²) in [5, 5.41) is 5.91. The van der Waals surface area contributed by atoms with Gasteiger partial charge in [0.15, 0.2) is 0 Å². The molecule has 1 heterocycles. The molecule has 0 atom stereocenters. The molecule has 0 fully saturated rings. The van der Waals surface area contributed by atoms with Crippen molar-refractivity contribution in [2.24, 2.45) is 0 Å². The second-order valence-electron chi connectivity index (χ2n) is 6.10. The minimum Gasteiger partial charge on any atom is -0.348 e. The lowest BCUT2D eigenvalue weighted by molar-refractivity contribution is 0.0950. The van der Waals surface area contributed by atoms with E-state index in [1.165, 1.54) is 24.5 Å². The highest BCUT2D eigenvalue weighted by atomic mass is 35.5. The second kappa shape index (κ2) is 8.63. The number of benzene rings is 2. The molecule has 0 spiro atoms. The lowest BCUT2D eigenvalue weighted by Crippen LogP contribution is -2.24. The van der Waals surface area contributed by atoms with Crippen LogP contribution in [0.5, 0.6) is 0 Å². The van der Waals surface area contributed by atoms with Crippen molar-refractivity contribution in [2.45, 2.75) is 13.5 Å². The number of hydrogen-bond acceptors (Lipinski definition) is 3. The van der Waals surface area contributed by atoms with Gasteiger partial charge < -0.3 is 10.6 Å². The lowest BCUT2D eigenvalue weighted by atomic mass is 10.1. The zero-order valence-corrected chi connectivity index (χ0v) is 15.8. The molecule has 2 N–H and O–H groups in total. The zero-order chi connectivity index (χ0) is 20.1. The quantitative estimate of drug-likeness (QED) is 0.671. The largest absolute Gasteiger partial charge is 0.348 e. The van der Waals surface area contributed by atoms with Crippen molar-refractivity contribution in [2.75, 3.05) is 5.32 Å². The maximum atomic E-state index is 13.7. The fraction of sp³-hybridized carbons (Fsp3) is 0.0952. The predicted molar refractivity (Wildman–Crippen MR) is 106 cm³/mol. The van der Waals surface area contributed by atoms with E-state index in [0.29, 0.717) is 16.3 Å². The normalized spacial score (nSPS) is 10.4. The van der Waals surface area contributed by atoms with Crippen LogP contribution >= 0.6 is 11.6 Å². The van der Waals surface area contributed by atoms with Crippen LogP contribution in [-0.2, 0) is 6.54 Å². The molecule has 0 bridgehead atoms. The summed E-state index contributed by atoms with van der Waals surface area (Å²) in [6, 6.07) is 12.8. The molecule has 3 aromatic rings. The van der Waals surface area contributed by atoms with Crippen molar-refractivity contribution < 1.29 is 14.0 Å².